The van der Waals surface area contributed by atoms with Gasteiger partial charge in [0, 0.05) is 24.2 Å². The quantitative estimate of drug-likeness (QED) is 0.821. The molecule has 0 aliphatic carbocycles. The third kappa shape index (κ3) is 2.23. The van der Waals surface area contributed by atoms with E-state index in [0.717, 1.165) is 18.7 Å². The molecule has 0 unspecified atom stereocenters. The Hall–Kier alpha value is -1.48. The van der Waals surface area contributed by atoms with Crippen LogP contribution in [0, 0.1) is 6.92 Å². The molecule has 0 saturated heterocycles. The number of ether oxygens (including phenoxy) is 1. The molecule has 0 aliphatic heterocycles. The largest absolute Gasteiger partial charge is 0.497 e. The Morgan fingerprint density at radius 3 is 2.78 bits per heavy atom. The Bertz CT molecular complexity index is 543. The first-order valence-corrected chi connectivity index (χ1v) is 6.45. The van der Waals surface area contributed by atoms with Crippen molar-refractivity contribution in [2.75, 3.05) is 20.7 Å². The van der Waals surface area contributed by atoms with Crippen LogP contribution in [0.3, 0.4) is 0 Å². The second kappa shape index (κ2) is 5.44. The average molecular weight is 246 g/mol. The van der Waals surface area contributed by atoms with Gasteiger partial charge in [-0.3, -0.25) is 0 Å². The summed E-state index contributed by atoms with van der Waals surface area (Å²) in [5, 5.41) is 4.56. The zero-order chi connectivity index (χ0) is 13.1. The van der Waals surface area contributed by atoms with Gasteiger partial charge in [0.1, 0.15) is 5.75 Å². The van der Waals surface area contributed by atoms with Crippen LogP contribution in [0.2, 0.25) is 0 Å². The lowest BCUT2D eigenvalue weighted by Gasteiger charge is -2.02. The number of hydrogen-bond donors (Lipinski definition) is 1. The molecule has 1 N–H and O–H groups in total. The second-order valence-corrected chi connectivity index (χ2v) is 4.71. The summed E-state index contributed by atoms with van der Waals surface area (Å²) in [6.45, 7) is 3.26. The molecule has 0 saturated carbocycles. The van der Waals surface area contributed by atoms with Crippen LogP contribution in [-0.4, -0.2) is 25.3 Å². The van der Waals surface area contributed by atoms with Crippen LogP contribution < -0.4 is 10.1 Å². The number of methoxy groups -OCH3 is 1. The van der Waals surface area contributed by atoms with Crippen molar-refractivity contribution in [2.24, 2.45) is 7.05 Å². The van der Waals surface area contributed by atoms with Crippen LogP contribution in [0.1, 0.15) is 17.7 Å². The molecule has 1 heterocycles. The van der Waals surface area contributed by atoms with Crippen molar-refractivity contribution >= 4 is 10.9 Å². The minimum Gasteiger partial charge on any atom is -0.497 e. The van der Waals surface area contributed by atoms with E-state index in [-0.39, 0.29) is 0 Å². The van der Waals surface area contributed by atoms with Gasteiger partial charge >= 0.3 is 0 Å². The first-order chi connectivity index (χ1) is 8.69. The van der Waals surface area contributed by atoms with Crippen molar-refractivity contribution in [1.29, 1.82) is 0 Å². The molecular weight excluding hydrogens is 224 g/mol. The third-order valence-corrected chi connectivity index (χ3v) is 3.68. The number of aryl methyl sites for hydroxylation is 2. The van der Waals surface area contributed by atoms with Crippen LogP contribution in [0.4, 0.5) is 0 Å². The number of rotatable bonds is 5. The molecule has 0 bridgehead atoms. The molecule has 1 aromatic carbocycles. The fourth-order valence-corrected chi connectivity index (χ4v) is 2.51. The number of nitrogens with one attached hydrogen (secondary N) is 1. The monoisotopic (exact) mass is 246 g/mol. The predicted octanol–water partition coefficient (Wildman–Crippen LogP) is 2.65. The molecule has 0 amide bonds. The summed E-state index contributed by atoms with van der Waals surface area (Å²) in [7, 11) is 5.84. The summed E-state index contributed by atoms with van der Waals surface area (Å²) in [6, 6.07) is 6.34. The molecule has 2 rings (SSSR count). The van der Waals surface area contributed by atoms with Gasteiger partial charge in [-0.1, -0.05) is 0 Å². The number of benzene rings is 1. The van der Waals surface area contributed by atoms with Crippen molar-refractivity contribution in [1.82, 2.24) is 9.88 Å². The lowest BCUT2D eigenvalue weighted by Crippen LogP contribution is -2.08. The van der Waals surface area contributed by atoms with E-state index >= 15 is 0 Å². The minimum atomic E-state index is 0.921. The number of fused-ring (bicyclic) bond motifs is 1. The highest BCUT2D eigenvalue weighted by Crippen LogP contribution is 2.29. The summed E-state index contributed by atoms with van der Waals surface area (Å²) in [5.41, 5.74) is 4.08. The smallest absolute Gasteiger partial charge is 0.120 e. The highest BCUT2D eigenvalue weighted by Gasteiger charge is 2.11. The summed E-state index contributed by atoms with van der Waals surface area (Å²) in [6.07, 6.45) is 2.29. The lowest BCUT2D eigenvalue weighted by atomic mass is 10.1. The van der Waals surface area contributed by atoms with E-state index in [1.807, 2.05) is 13.1 Å². The summed E-state index contributed by atoms with van der Waals surface area (Å²) in [5.74, 6) is 0.921. The summed E-state index contributed by atoms with van der Waals surface area (Å²) in [4.78, 5) is 0. The SMILES string of the molecule is CNCCCc1c(C)n(C)c2cc(OC)ccc12. The highest BCUT2D eigenvalue weighted by molar-refractivity contribution is 5.86. The van der Waals surface area contributed by atoms with Crippen LogP contribution >= 0.6 is 0 Å². The average Bonchev–Trinajstić information content (AvgIpc) is 2.63. The minimum absolute atomic E-state index is 0.921. The van der Waals surface area contributed by atoms with Crippen LogP contribution in [0.25, 0.3) is 10.9 Å². The molecule has 0 atom stereocenters. The van der Waals surface area contributed by atoms with Crippen LogP contribution in [0.5, 0.6) is 5.75 Å². The van der Waals surface area contributed by atoms with E-state index in [1.165, 1.54) is 28.6 Å². The Morgan fingerprint density at radius 1 is 1.33 bits per heavy atom. The van der Waals surface area contributed by atoms with Crippen LogP contribution in [0.15, 0.2) is 18.2 Å². The van der Waals surface area contributed by atoms with Gasteiger partial charge in [0.2, 0.25) is 0 Å². The van der Waals surface area contributed by atoms with E-state index in [2.05, 4.69) is 36.0 Å². The van der Waals surface area contributed by atoms with Gasteiger partial charge in [-0.15, -0.1) is 0 Å². The Labute approximate surface area is 109 Å². The zero-order valence-electron chi connectivity index (χ0n) is 11.7. The van der Waals surface area contributed by atoms with E-state index < -0.39 is 0 Å². The first kappa shape index (κ1) is 13.0. The number of hydrogen-bond acceptors (Lipinski definition) is 2. The van der Waals surface area contributed by atoms with E-state index in [0.29, 0.717) is 0 Å². The molecule has 2 aromatic rings. The predicted molar refractivity (Wildman–Crippen MR) is 76.5 cm³/mol. The Balaban J connectivity index is 2.43. The fraction of sp³-hybridized carbons (Fsp3) is 0.467. The van der Waals surface area contributed by atoms with Crippen LogP contribution in [-0.2, 0) is 13.5 Å². The van der Waals surface area contributed by atoms with Crippen molar-refractivity contribution in [3.05, 3.63) is 29.5 Å². The number of aromatic nitrogens is 1. The van der Waals surface area contributed by atoms with E-state index in [1.54, 1.807) is 7.11 Å². The first-order valence-electron chi connectivity index (χ1n) is 6.45. The standard InChI is InChI=1S/C15H22N2O/c1-11-13(6-5-9-16-2)14-8-7-12(18-4)10-15(14)17(11)3/h7-8,10,16H,5-6,9H2,1-4H3. The highest BCUT2D eigenvalue weighted by atomic mass is 16.5. The molecule has 98 valence electrons. The zero-order valence-corrected chi connectivity index (χ0v) is 11.7. The van der Waals surface area contributed by atoms with E-state index in [4.69, 9.17) is 4.74 Å². The van der Waals surface area contributed by atoms with Gasteiger partial charge in [0.15, 0.2) is 0 Å². The van der Waals surface area contributed by atoms with Gasteiger partial charge in [0.05, 0.1) is 12.6 Å². The van der Waals surface area contributed by atoms with Gasteiger partial charge in [-0.05, 0) is 51.1 Å². The second-order valence-electron chi connectivity index (χ2n) is 4.71. The topological polar surface area (TPSA) is 26.2 Å². The van der Waals surface area contributed by atoms with Crippen molar-refractivity contribution in [3.63, 3.8) is 0 Å². The maximum Gasteiger partial charge on any atom is 0.120 e. The van der Waals surface area contributed by atoms with Crippen molar-refractivity contribution in [3.8, 4) is 5.75 Å². The summed E-state index contributed by atoms with van der Waals surface area (Å²) < 4.78 is 7.56. The molecule has 1 aromatic heterocycles. The number of nitrogens with zero attached hydrogens (tertiary/aromatic N) is 1. The summed E-state index contributed by atoms with van der Waals surface area (Å²) >= 11 is 0. The Morgan fingerprint density at radius 2 is 2.11 bits per heavy atom. The van der Waals surface area contributed by atoms with Gasteiger partial charge in [-0.2, -0.15) is 0 Å². The van der Waals surface area contributed by atoms with Gasteiger partial charge in [-0.25, -0.2) is 0 Å². The molecule has 0 radical (unpaired) electrons. The molecular formula is C15H22N2O. The van der Waals surface area contributed by atoms with Crippen molar-refractivity contribution in [2.45, 2.75) is 19.8 Å². The maximum atomic E-state index is 5.30. The van der Waals surface area contributed by atoms with Crippen molar-refractivity contribution < 1.29 is 4.74 Å². The molecule has 0 aliphatic rings. The normalized spacial score (nSPS) is 11.1. The fourth-order valence-electron chi connectivity index (χ4n) is 2.51. The maximum absolute atomic E-state index is 5.30. The molecule has 0 fully saturated rings. The Kier molecular flexibility index (Phi) is 3.92. The molecule has 3 nitrogen and oxygen atoms in total. The van der Waals surface area contributed by atoms with E-state index in [9.17, 15) is 0 Å². The molecule has 3 heteroatoms. The molecule has 0 spiro atoms. The van der Waals surface area contributed by atoms with Gasteiger partial charge < -0.3 is 14.6 Å². The third-order valence-electron chi connectivity index (χ3n) is 3.68. The molecule has 18 heavy (non-hydrogen) atoms. The van der Waals surface area contributed by atoms with Gasteiger partial charge in [0.25, 0.3) is 0 Å². The lowest BCUT2D eigenvalue weighted by molar-refractivity contribution is 0.415.